The molecule has 0 atom stereocenters. The molecule has 26 heavy (non-hydrogen) atoms. The van der Waals surface area contributed by atoms with Gasteiger partial charge in [-0.3, -0.25) is 14.4 Å². The van der Waals surface area contributed by atoms with Crippen LogP contribution in [0.3, 0.4) is 0 Å². The Kier molecular flexibility index (Phi) is 4.94. The number of hydrogen-bond acceptors (Lipinski definition) is 4. The van der Waals surface area contributed by atoms with Crippen LogP contribution in [0, 0.1) is 11.3 Å². The molecule has 0 unspecified atom stereocenters. The van der Waals surface area contributed by atoms with E-state index in [0.717, 1.165) is 11.3 Å². The van der Waals surface area contributed by atoms with Crippen molar-refractivity contribution in [2.45, 2.75) is 12.8 Å². The van der Waals surface area contributed by atoms with Crippen molar-refractivity contribution < 1.29 is 14.4 Å². The van der Waals surface area contributed by atoms with Gasteiger partial charge in [0.1, 0.15) is 0 Å². The summed E-state index contributed by atoms with van der Waals surface area (Å²) < 4.78 is 0. The van der Waals surface area contributed by atoms with Gasteiger partial charge < -0.3 is 16.0 Å². The predicted molar refractivity (Wildman–Crippen MR) is 95.5 cm³/mol. The van der Waals surface area contributed by atoms with Gasteiger partial charge in [0.15, 0.2) is 0 Å². The summed E-state index contributed by atoms with van der Waals surface area (Å²) in [5.41, 5.74) is 3.17. The molecule has 1 heterocycles. The SMILES string of the molecule is N#Cc1ccc(C(=O)NCC(=O)Nc2ccc3c(c2)CCC(=O)N3)cc1. The number of hydrogen-bond donors (Lipinski definition) is 3. The third-order valence-electron chi connectivity index (χ3n) is 3.97. The number of carbonyl (C=O) groups excluding carboxylic acids is 3. The number of carbonyl (C=O) groups is 3. The van der Waals surface area contributed by atoms with Crippen molar-refractivity contribution in [3.8, 4) is 6.07 Å². The zero-order chi connectivity index (χ0) is 18.5. The molecule has 3 rings (SSSR count). The number of amides is 3. The van der Waals surface area contributed by atoms with E-state index in [9.17, 15) is 14.4 Å². The molecule has 0 saturated heterocycles. The van der Waals surface area contributed by atoms with Crippen molar-refractivity contribution in [2.24, 2.45) is 0 Å². The van der Waals surface area contributed by atoms with Gasteiger partial charge in [-0.05, 0) is 54.4 Å². The van der Waals surface area contributed by atoms with Crippen LogP contribution in [0.4, 0.5) is 11.4 Å². The van der Waals surface area contributed by atoms with Crippen LogP contribution in [-0.2, 0) is 16.0 Å². The first-order valence-corrected chi connectivity index (χ1v) is 8.06. The smallest absolute Gasteiger partial charge is 0.251 e. The van der Waals surface area contributed by atoms with E-state index in [1.165, 1.54) is 12.1 Å². The number of nitriles is 1. The first-order chi connectivity index (χ1) is 12.5. The van der Waals surface area contributed by atoms with Crippen LogP contribution in [0.15, 0.2) is 42.5 Å². The van der Waals surface area contributed by atoms with Gasteiger partial charge in [0.25, 0.3) is 5.91 Å². The molecule has 7 nitrogen and oxygen atoms in total. The fraction of sp³-hybridized carbons (Fsp3) is 0.158. The van der Waals surface area contributed by atoms with Gasteiger partial charge in [0, 0.05) is 23.4 Å². The summed E-state index contributed by atoms with van der Waals surface area (Å²) in [6, 6.07) is 13.4. The topological polar surface area (TPSA) is 111 Å². The van der Waals surface area contributed by atoms with E-state index < -0.39 is 5.91 Å². The summed E-state index contributed by atoms with van der Waals surface area (Å²) in [5, 5.41) is 16.8. The van der Waals surface area contributed by atoms with Crippen molar-refractivity contribution in [1.82, 2.24) is 5.32 Å². The minimum atomic E-state index is -0.391. The number of nitrogens with one attached hydrogen (secondary N) is 3. The number of rotatable bonds is 4. The van der Waals surface area contributed by atoms with Gasteiger partial charge in [-0.25, -0.2) is 0 Å². The Morgan fingerprint density at radius 2 is 1.88 bits per heavy atom. The van der Waals surface area contributed by atoms with Crippen LogP contribution in [-0.4, -0.2) is 24.3 Å². The summed E-state index contributed by atoms with van der Waals surface area (Å²) in [4.78, 5) is 35.4. The Morgan fingerprint density at radius 3 is 2.62 bits per heavy atom. The minimum absolute atomic E-state index is 0.0141. The highest BCUT2D eigenvalue weighted by molar-refractivity contribution is 6.00. The standard InChI is InChI=1S/C19H16N4O3/c20-10-12-1-3-13(4-2-12)19(26)21-11-18(25)22-15-6-7-16-14(9-15)5-8-17(24)23-16/h1-4,6-7,9H,5,8,11H2,(H,21,26)(H,22,25)(H,23,24). The number of nitrogens with zero attached hydrogens (tertiary/aromatic N) is 1. The molecule has 3 amide bonds. The highest BCUT2D eigenvalue weighted by Crippen LogP contribution is 2.25. The van der Waals surface area contributed by atoms with Crippen molar-refractivity contribution in [3.05, 3.63) is 59.2 Å². The first-order valence-electron chi connectivity index (χ1n) is 8.06. The molecular formula is C19H16N4O3. The van der Waals surface area contributed by atoms with Crippen LogP contribution < -0.4 is 16.0 Å². The van der Waals surface area contributed by atoms with Gasteiger partial charge in [-0.15, -0.1) is 0 Å². The Morgan fingerprint density at radius 1 is 1.12 bits per heavy atom. The maximum Gasteiger partial charge on any atom is 0.251 e. The molecule has 2 aromatic rings. The molecule has 7 heteroatoms. The fourth-order valence-electron chi connectivity index (χ4n) is 2.63. The van der Waals surface area contributed by atoms with Crippen LogP contribution >= 0.6 is 0 Å². The molecule has 0 radical (unpaired) electrons. The third kappa shape index (κ3) is 4.05. The van der Waals surface area contributed by atoms with Crippen molar-refractivity contribution >= 4 is 29.1 Å². The van der Waals surface area contributed by atoms with E-state index in [4.69, 9.17) is 5.26 Å². The fourth-order valence-corrected chi connectivity index (χ4v) is 2.63. The lowest BCUT2D eigenvalue weighted by Gasteiger charge is -2.17. The number of anilines is 2. The zero-order valence-corrected chi connectivity index (χ0v) is 13.8. The number of fused-ring (bicyclic) bond motifs is 1. The molecule has 1 aliphatic rings. The van der Waals surface area contributed by atoms with Gasteiger partial charge >= 0.3 is 0 Å². The van der Waals surface area contributed by atoms with Crippen LogP contribution in [0.2, 0.25) is 0 Å². The van der Waals surface area contributed by atoms with E-state index in [0.29, 0.717) is 29.7 Å². The average Bonchev–Trinajstić information content (AvgIpc) is 2.66. The monoisotopic (exact) mass is 348 g/mol. The normalized spacial score (nSPS) is 12.3. The average molecular weight is 348 g/mol. The van der Waals surface area contributed by atoms with E-state index >= 15 is 0 Å². The second-order valence-electron chi connectivity index (χ2n) is 5.84. The Labute approximate surface area is 150 Å². The maximum absolute atomic E-state index is 12.0. The van der Waals surface area contributed by atoms with E-state index in [2.05, 4.69) is 16.0 Å². The lowest BCUT2D eigenvalue weighted by molar-refractivity contribution is -0.116. The summed E-state index contributed by atoms with van der Waals surface area (Å²) >= 11 is 0. The van der Waals surface area contributed by atoms with E-state index in [-0.39, 0.29) is 18.4 Å². The third-order valence-corrected chi connectivity index (χ3v) is 3.97. The molecule has 0 aliphatic carbocycles. The summed E-state index contributed by atoms with van der Waals surface area (Å²) in [6.45, 7) is -0.174. The quantitative estimate of drug-likeness (QED) is 0.782. The lowest BCUT2D eigenvalue weighted by Crippen LogP contribution is -2.32. The van der Waals surface area contributed by atoms with Crippen LogP contribution in [0.25, 0.3) is 0 Å². The molecule has 2 aromatic carbocycles. The molecule has 0 aromatic heterocycles. The van der Waals surface area contributed by atoms with Gasteiger partial charge in [-0.1, -0.05) is 0 Å². The van der Waals surface area contributed by atoms with E-state index in [1.807, 2.05) is 12.1 Å². The van der Waals surface area contributed by atoms with Crippen molar-refractivity contribution in [1.29, 1.82) is 5.26 Å². The maximum atomic E-state index is 12.0. The second-order valence-corrected chi connectivity index (χ2v) is 5.84. The molecule has 0 fully saturated rings. The highest BCUT2D eigenvalue weighted by atomic mass is 16.2. The lowest BCUT2D eigenvalue weighted by atomic mass is 10.0. The van der Waals surface area contributed by atoms with Crippen molar-refractivity contribution in [3.63, 3.8) is 0 Å². The van der Waals surface area contributed by atoms with Gasteiger partial charge in [0.2, 0.25) is 11.8 Å². The molecular weight excluding hydrogens is 332 g/mol. The van der Waals surface area contributed by atoms with E-state index in [1.54, 1.807) is 24.3 Å². The number of aryl methyl sites for hydroxylation is 1. The summed E-state index contributed by atoms with van der Waals surface area (Å²) in [6.07, 6.45) is 1.05. The molecule has 130 valence electrons. The highest BCUT2D eigenvalue weighted by Gasteiger charge is 2.15. The molecule has 0 bridgehead atoms. The largest absolute Gasteiger partial charge is 0.343 e. The zero-order valence-electron chi connectivity index (χ0n) is 13.8. The molecule has 3 N–H and O–H groups in total. The predicted octanol–water partition coefficient (Wildman–Crippen LogP) is 1.81. The molecule has 1 aliphatic heterocycles. The molecule has 0 spiro atoms. The van der Waals surface area contributed by atoms with Crippen LogP contribution in [0.1, 0.15) is 27.9 Å². The second kappa shape index (κ2) is 7.49. The van der Waals surface area contributed by atoms with Gasteiger partial charge in [0.05, 0.1) is 18.2 Å². The Bertz CT molecular complexity index is 913. The first kappa shape index (κ1) is 17.2. The Balaban J connectivity index is 1.55. The minimum Gasteiger partial charge on any atom is -0.343 e. The van der Waals surface area contributed by atoms with Crippen molar-refractivity contribution in [2.75, 3.05) is 17.2 Å². The van der Waals surface area contributed by atoms with Crippen LogP contribution in [0.5, 0.6) is 0 Å². The summed E-state index contributed by atoms with van der Waals surface area (Å²) in [5.74, 6) is -0.760. The summed E-state index contributed by atoms with van der Waals surface area (Å²) in [7, 11) is 0. The number of benzene rings is 2. The molecule has 0 saturated carbocycles. The Hall–Kier alpha value is -3.66. The van der Waals surface area contributed by atoms with Gasteiger partial charge in [-0.2, -0.15) is 5.26 Å².